The molecule has 0 radical (unpaired) electrons. The number of amides is 2. The average Bonchev–Trinajstić information content (AvgIpc) is 3.11. The molecular weight excluding hydrogens is 477 g/mol. The normalized spacial score (nSPS) is 24.8. The van der Waals surface area contributed by atoms with E-state index >= 15 is 0 Å². The molecule has 0 unspecified atom stereocenters. The smallest absolute Gasteiger partial charge is 0.326 e. The van der Waals surface area contributed by atoms with Gasteiger partial charge >= 0.3 is 6.18 Å². The highest BCUT2D eigenvalue weighted by atomic mass is 32.2. The first-order chi connectivity index (χ1) is 16.6. The Morgan fingerprint density at radius 1 is 1.23 bits per heavy atom. The van der Waals surface area contributed by atoms with Gasteiger partial charge in [-0.15, -0.1) is 0 Å². The van der Waals surface area contributed by atoms with Gasteiger partial charge in [0.1, 0.15) is 11.4 Å². The molecule has 2 aliphatic heterocycles. The summed E-state index contributed by atoms with van der Waals surface area (Å²) in [7, 11) is 0. The van der Waals surface area contributed by atoms with Crippen molar-refractivity contribution >= 4 is 35.3 Å². The molecule has 3 aliphatic rings. The van der Waals surface area contributed by atoms with Crippen LogP contribution in [0, 0.1) is 18.8 Å². The van der Waals surface area contributed by atoms with Crippen molar-refractivity contribution in [3.8, 4) is 0 Å². The second-order valence-corrected chi connectivity index (χ2v) is 11.1. The van der Waals surface area contributed by atoms with Gasteiger partial charge in [0.05, 0.1) is 5.92 Å². The van der Waals surface area contributed by atoms with Crippen LogP contribution >= 0.6 is 11.9 Å². The number of aryl methyl sites for hydroxylation is 2. The van der Waals surface area contributed by atoms with Crippen LogP contribution in [0.1, 0.15) is 56.6 Å². The van der Waals surface area contributed by atoms with Crippen molar-refractivity contribution in [3.63, 3.8) is 0 Å². The van der Waals surface area contributed by atoms with Gasteiger partial charge in [0.2, 0.25) is 5.91 Å². The van der Waals surface area contributed by atoms with Gasteiger partial charge in [-0.25, -0.2) is 0 Å². The van der Waals surface area contributed by atoms with Crippen LogP contribution in [0.25, 0.3) is 0 Å². The number of carbonyl (C=O) groups excluding carboxylic acids is 2. The van der Waals surface area contributed by atoms with Crippen LogP contribution in [0.15, 0.2) is 23.2 Å². The van der Waals surface area contributed by atoms with Crippen LogP contribution < -0.4 is 10.6 Å². The van der Waals surface area contributed by atoms with Crippen LogP contribution in [0.2, 0.25) is 0 Å². The molecule has 4 rings (SSSR count). The van der Waals surface area contributed by atoms with Gasteiger partial charge in [0.15, 0.2) is 0 Å². The Hall–Kier alpha value is -2.07. The molecular formula is C25H33F3N4O2S. The van der Waals surface area contributed by atoms with E-state index in [0.29, 0.717) is 31.5 Å². The van der Waals surface area contributed by atoms with Gasteiger partial charge in [-0.05, 0) is 75.1 Å². The number of hydrogen-bond acceptors (Lipinski definition) is 5. The molecule has 1 aromatic rings. The summed E-state index contributed by atoms with van der Waals surface area (Å²) >= 11 is 1.77. The maximum atomic E-state index is 13.0. The zero-order valence-corrected chi connectivity index (χ0v) is 21.0. The number of nitrogens with zero attached hydrogens (tertiary/aromatic N) is 2. The third kappa shape index (κ3) is 6.20. The quantitative estimate of drug-likeness (QED) is 0.536. The van der Waals surface area contributed by atoms with Crippen molar-refractivity contribution in [2.75, 3.05) is 24.2 Å². The number of piperidine rings is 1. The summed E-state index contributed by atoms with van der Waals surface area (Å²) in [5.41, 5.74) is 2.42. The minimum atomic E-state index is -4.13. The van der Waals surface area contributed by atoms with Crippen molar-refractivity contribution in [3.05, 3.63) is 29.3 Å². The monoisotopic (exact) mass is 510 g/mol. The summed E-state index contributed by atoms with van der Waals surface area (Å²) in [6, 6.07) is 5.95. The summed E-state index contributed by atoms with van der Waals surface area (Å²) in [6.07, 6.45) is -0.922. The van der Waals surface area contributed by atoms with Crippen molar-refractivity contribution < 1.29 is 22.8 Å². The van der Waals surface area contributed by atoms with Gasteiger partial charge in [-0.2, -0.15) is 13.2 Å². The molecule has 1 spiro atoms. The third-order valence-corrected chi connectivity index (χ3v) is 8.55. The predicted octanol–water partition coefficient (Wildman–Crippen LogP) is 4.88. The number of alkyl halides is 3. The number of carbonyl (C=O) groups is 2. The molecule has 2 heterocycles. The van der Waals surface area contributed by atoms with Crippen LogP contribution in [0.4, 0.5) is 18.9 Å². The lowest BCUT2D eigenvalue weighted by Crippen LogP contribution is -2.47. The van der Waals surface area contributed by atoms with Crippen LogP contribution in [0.3, 0.4) is 0 Å². The number of anilines is 1. The lowest BCUT2D eigenvalue weighted by molar-refractivity contribution is -0.182. The molecule has 0 bridgehead atoms. The molecule has 6 nitrogen and oxygen atoms in total. The number of aliphatic imine (C=N–C) groups is 1. The Labute approximate surface area is 208 Å². The van der Waals surface area contributed by atoms with E-state index in [0.717, 1.165) is 36.5 Å². The van der Waals surface area contributed by atoms with Gasteiger partial charge in [0, 0.05) is 37.4 Å². The molecule has 1 saturated heterocycles. The molecule has 192 valence electrons. The first-order valence-corrected chi connectivity index (χ1v) is 13.2. The molecule has 1 aliphatic carbocycles. The van der Waals surface area contributed by atoms with E-state index in [1.54, 1.807) is 11.9 Å². The molecule has 2 fully saturated rings. The van der Waals surface area contributed by atoms with E-state index in [4.69, 9.17) is 4.99 Å². The van der Waals surface area contributed by atoms with Crippen molar-refractivity contribution in [2.45, 2.75) is 70.5 Å². The molecule has 1 aromatic carbocycles. The van der Waals surface area contributed by atoms with E-state index in [2.05, 4.69) is 14.9 Å². The topological polar surface area (TPSA) is 73.8 Å². The van der Waals surface area contributed by atoms with E-state index in [9.17, 15) is 22.8 Å². The van der Waals surface area contributed by atoms with E-state index in [1.165, 1.54) is 12.5 Å². The highest BCUT2D eigenvalue weighted by Gasteiger charge is 2.48. The molecule has 1 saturated carbocycles. The number of hydrogen-bond donors (Lipinski definition) is 2. The number of amidine groups is 1. The molecule has 35 heavy (non-hydrogen) atoms. The fourth-order valence-electron chi connectivity index (χ4n) is 5.30. The Morgan fingerprint density at radius 2 is 1.91 bits per heavy atom. The molecule has 2 amide bonds. The van der Waals surface area contributed by atoms with Crippen LogP contribution in [-0.2, 0) is 16.0 Å². The predicted molar refractivity (Wildman–Crippen MR) is 132 cm³/mol. The SMILES string of the molecule is CC(=O)Nc1ccc(CCSN2CCC3(CC2)N=C(C2CCC(C(F)(F)F)CC2)NC3=O)c(C)c1. The summed E-state index contributed by atoms with van der Waals surface area (Å²) in [4.78, 5) is 28.8. The first-order valence-electron chi connectivity index (χ1n) is 12.3. The zero-order chi connectivity index (χ0) is 25.2. The van der Waals surface area contributed by atoms with Crippen molar-refractivity contribution in [1.82, 2.24) is 9.62 Å². The summed E-state index contributed by atoms with van der Waals surface area (Å²) < 4.78 is 41.2. The number of rotatable bonds is 6. The maximum absolute atomic E-state index is 13.0. The van der Waals surface area contributed by atoms with E-state index in [-0.39, 0.29) is 30.6 Å². The van der Waals surface area contributed by atoms with Crippen LogP contribution in [0.5, 0.6) is 0 Å². The third-order valence-electron chi connectivity index (χ3n) is 7.43. The summed E-state index contributed by atoms with van der Waals surface area (Å²) in [5.74, 6) is 0.0298. The highest BCUT2D eigenvalue weighted by molar-refractivity contribution is 7.97. The summed E-state index contributed by atoms with van der Waals surface area (Å²) in [6.45, 7) is 5.03. The average molecular weight is 511 g/mol. The largest absolute Gasteiger partial charge is 0.391 e. The minimum Gasteiger partial charge on any atom is -0.326 e. The fraction of sp³-hybridized carbons (Fsp3) is 0.640. The molecule has 2 N–H and O–H groups in total. The molecule has 10 heteroatoms. The lowest BCUT2D eigenvalue weighted by atomic mass is 9.81. The fourth-order valence-corrected chi connectivity index (χ4v) is 6.31. The molecule has 0 atom stereocenters. The highest BCUT2D eigenvalue weighted by Crippen LogP contribution is 2.41. The van der Waals surface area contributed by atoms with E-state index < -0.39 is 17.6 Å². The Morgan fingerprint density at radius 3 is 2.51 bits per heavy atom. The minimum absolute atomic E-state index is 0.0791. The van der Waals surface area contributed by atoms with Gasteiger partial charge < -0.3 is 10.6 Å². The first kappa shape index (κ1) is 26.0. The maximum Gasteiger partial charge on any atom is 0.391 e. The standard InChI is InChI=1S/C25H33F3N4O2S/c1-16-15-21(29-17(2)33)8-5-18(16)9-14-35-32-12-10-24(11-13-32)23(34)30-22(31-24)19-3-6-20(7-4-19)25(26,27)28/h5,8,15,19-20H,3-4,6-7,9-14H2,1-2H3,(H,29,33)(H,30,31,34). The van der Waals surface area contributed by atoms with Gasteiger partial charge in [-0.3, -0.25) is 18.9 Å². The van der Waals surface area contributed by atoms with Crippen molar-refractivity contribution in [2.24, 2.45) is 16.8 Å². The number of nitrogens with one attached hydrogen (secondary N) is 2. The van der Waals surface area contributed by atoms with Crippen molar-refractivity contribution in [1.29, 1.82) is 0 Å². The second-order valence-electron chi connectivity index (χ2n) is 9.91. The molecule has 0 aromatic heterocycles. The Balaban J connectivity index is 1.25. The van der Waals surface area contributed by atoms with Gasteiger partial charge in [-0.1, -0.05) is 18.0 Å². The Bertz CT molecular complexity index is 981. The Kier molecular flexibility index (Phi) is 7.80. The number of halogens is 3. The number of benzene rings is 1. The lowest BCUT2D eigenvalue weighted by Gasteiger charge is -2.34. The van der Waals surface area contributed by atoms with Gasteiger partial charge in [0.25, 0.3) is 5.91 Å². The summed E-state index contributed by atoms with van der Waals surface area (Å²) in [5, 5.41) is 5.72. The van der Waals surface area contributed by atoms with Crippen LogP contribution in [-0.4, -0.2) is 52.5 Å². The van der Waals surface area contributed by atoms with E-state index in [1.807, 2.05) is 25.1 Å². The zero-order valence-electron chi connectivity index (χ0n) is 20.2. The second kappa shape index (κ2) is 10.5.